The number of nitrogens with zero attached hydrogens (tertiary/aromatic N) is 2. The Labute approximate surface area is 129 Å². The first kappa shape index (κ1) is 15.7. The molecule has 5 nitrogen and oxygen atoms in total. The van der Waals surface area contributed by atoms with E-state index in [0.717, 1.165) is 17.8 Å². The molecule has 0 aliphatic rings. The van der Waals surface area contributed by atoms with E-state index in [4.69, 9.17) is 21.1 Å². The molecule has 0 aliphatic carbocycles. The van der Waals surface area contributed by atoms with E-state index in [0.29, 0.717) is 16.5 Å². The minimum absolute atomic E-state index is 0.0604. The van der Waals surface area contributed by atoms with Gasteiger partial charge in [-0.1, -0.05) is 24.6 Å². The summed E-state index contributed by atoms with van der Waals surface area (Å²) in [6.07, 6.45) is 1.65. The van der Waals surface area contributed by atoms with E-state index in [1.807, 2.05) is 25.2 Å². The molecule has 0 bridgehead atoms. The molecule has 21 heavy (non-hydrogen) atoms. The van der Waals surface area contributed by atoms with E-state index in [-0.39, 0.29) is 6.04 Å². The third-order valence-corrected chi connectivity index (χ3v) is 3.65. The van der Waals surface area contributed by atoms with Gasteiger partial charge in [-0.3, -0.25) is 4.68 Å². The van der Waals surface area contributed by atoms with Crippen molar-refractivity contribution in [1.29, 1.82) is 0 Å². The number of benzene rings is 1. The molecule has 0 spiro atoms. The van der Waals surface area contributed by atoms with Crippen molar-refractivity contribution in [2.45, 2.75) is 13.0 Å². The zero-order valence-corrected chi connectivity index (χ0v) is 13.4. The Morgan fingerprint density at radius 1 is 1.29 bits per heavy atom. The van der Waals surface area contributed by atoms with Crippen molar-refractivity contribution >= 4 is 11.6 Å². The number of aryl methyl sites for hydroxylation is 1. The summed E-state index contributed by atoms with van der Waals surface area (Å²) in [5.41, 5.74) is 1.96. The number of nitrogens with one attached hydrogen (secondary N) is 1. The van der Waals surface area contributed by atoms with Crippen LogP contribution in [0.3, 0.4) is 0 Å². The fourth-order valence-electron chi connectivity index (χ4n) is 2.35. The van der Waals surface area contributed by atoms with Gasteiger partial charge in [-0.2, -0.15) is 5.10 Å². The summed E-state index contributed by atoms with van der Waals surface area (Å²) < 4.78 is 12.4. The molecule has 1 aromatic heterocycles. The number of hydrogen-bond acceptors (Lipinski definition) is 4. The molecular weight excluding hydrogens is 290 g/mol. The van der Waals surface area contributed by atoms with Gasteiger partial charge in [0.1, 0.15) is 0 Å². The van der Waals surface area contributed by atoms with Gasteiger partial charge in [-0.25, -0.2) is 0 Å². The fourth-order valence-corrected chi connectivity index (χ4v) is 2.63. The summed E-state index contributed by atoms with van der Waals surface area (Å²) in [6, 6.07) is 5.78. The van der Waals surface area contributed by atoms with Crippen molar-refractivity contribution in [3.8, 4) is 11.5 Å². The van der Waals surface area contributed by atoms with Crippen LogP contribution in [0.1, 0.15) is 24.2 Å². The number of methoxy groups -OCH3 is 2. The zero-order valence-electron chi connectivity index (χ0n) is 12.7. The standard InChI is InChI=1S/C15H20ClN3O2/c1-5-17-14(15-11(16)9-18-19(15)2)10-6-7-12(20-3)13(8-10)21-4/h6-9,14,17H,5H2,1-4H3. The van der Waals surface area contributed by atoms with Crippen LogP contribution in [0.5, 0.6) is 11.5 Å². The van der Waals surface area contributed by atoms with Crippen LogP contribution in [0, 0.1) is 0 Å². The van der Waals surface area contributed by atoms with Gasteiger partial charge in [-0.05, 0) is 24.2 Å². The zero-order chi connectivity index (χ0) is 15.4. The molecule has 2 rings (SSSR count). The monoisotopic (exact) mass is 309 g/mol. The van der Waals surface area contributed by atoms with E-state index in [1.165, 1.54) is 0 Å². The van der Waals surface area contributed by atoms with E-state index < -0.39 is 0 Å². The summed E-state index contributed by atoms with van der Waals surface area (Å²) in [7, 11) is 5.13. The number of rotatable bonds is 6. The highest BCUT2D eigenvalue weighted by molar-refractivity contribution is 6.31. The third-order valence-electron chi connectivity index (χ3n) is 3.36. The quantitative estimate of drug-likeness (QED) is 0.891. The highest BCUT2D eigenvalue weighted by Gasteiger charge is 2.21. The fraction of sp³-hybridized carbons (Fsp3) is 0.400. The normalized spacial score (nSPS) is 12.2. The van der Waals surface area contributed by atoms with Gasteiger partial charge >= 0.3 is 0 Å². The summed E-state index contributed by atoms with van der Waals surface area (Å²) in [6.45, 7) is 2.86. The molecule has 1 atom stereocenters. The lowest BCUT2D eigenvalue weighted by molar-refractivity contribution is 0.354. The molecule has 2 aromatic rings. The average molecular weight is 310 g/mol. The molecule has 114 valence electrons. The lowest BCUT2D eigenvalue weighted by Gasteiger charge is -2.20. The predicted molar refractivity (Wildman–Crippen MR) is 83.3 cm³/mol. The Kier molecular flexibility index (Phi) is 5.09. The molecule has 0 saturated heterocycles. The van der Waals surface area contributed by atoms with Gasteiger partial charge < -0.3 is 14.8 Å². The Bertz CT molecular complexity index is 593. The molecule has 0 fully saturated rings. The SMILES string of the molecule is CCNC(c1ccc(OC)c(OC)c1)c1c(Cl)cnn1C. The van der Waals surface area contributed by atoms with Crippen molar-refractivity contribution in [3.63, 3.8) is 0 Å². The van der Waals surface area contributed by atoms with Crippen LogP contribution in [-0.2, 0) is 7.05 Å². The highest BCUT2D eigenvalue weighted by atomic mass is 35.5. The number of ether oxygens (including phenoxy) is 2. The van der Waals surface area contributed by atoms with Gasteiger partial charge in [0.25, 0.3) is 0 Å². The molecule has 0 radical (unpaired) electrons. The van der Waals surface area contributed by atoms with Gasteiger partial charge in [0.15, 0.2) is 11.5 Å². The summed E-state index contributed by atoms with van der Waals surface area (Å²) in [5.74, 6) is 1.39. The lowest BCUT2D eigenvalue weighted by Crippen LogP contribution is -2.24. The van der Waals surface area contributed by atoms with Gasteiger partial charge in [0, 0.05) is 7.05 Å². The highest BCUT2D eigenvalue weighted by Crippen LogP contribution is 2.34. The van der Waals surface area contributed by atoms with Crippen molar-refractivity contribution < 1.29 is 9.47 Å². The number of aromatic nitrogens is 2. The molecule has 1 aromatic carbocycles. The van der Waals surface area contributed by atoms with E-state index >= 15 is 0 Å². The maximum Gasteiger partial charge on any atom is 0.161 e. The van der Waals surface area contributed by atoms with E-state index in [2.05, 4.69) is 17.3 Å². The second-order valence-electron chi connectivity index (χ2n) is 4.61. The largest absolute Gasteiger partial charge is 0.493 e. The molecular formula is C15H20ClN3O2. The van der Waals surface area contributed by atoms with Crippen LogP contribution in [-0.4, -0.2) is 30.5 Å². The topological polar surface area (TPSA) is 48.3 Å². The van der Waals surface area contributed by atoms with Crippen molar-refractivity contribution in [2.75, 3.05) is 20.8 Å². The molecule has 1 N–H and O–H groups in total. The molecule has 0 aliphatic heterocycles. The minimum atomic E-state index is -0.0604. The predicted octanol–water partition coefficient (Wildman–Crippen LogP) is 2.79. The summed E-state index contributed by atoms with van der Waals surface area (Å²) >= 11 is 6.28. The molecule has 1 unspecified atom stereocenters. The first-order valence-electron chi connectivity index (χ1n) is 6.75. The maximum atomic E-state index is 6.28. The van der Waals surface area contributed by atoms with E-state index in [9.17, 15) is 0 Å². The summed E-state index contributed by atoms with van der Waals surface area (Å²) in [4.78, 5) is 0. The van der Waals surface area contributed by atoms with Gasteiger partial charge in [-0.15, -0.1) is 0 Å². The van der Waals surface area contributed by atoms with Crippen LogP contribution >= 0.6 is 11.6 Å². The first-order chi connectivity index (χ1) is 10.1. The summed E-state index contributed by atoms with van der Waals surface area (Å²) in [5, 5.41) is 8.28. The molecule has 1 heterocycles. The van der Waals surface area contributed by atoms with Crippen molar-refractivity contribution in [1.82, 2.24) is 15.1 Å². The average Bonchev–Trinajstić information content (AvgIpc) is 2.83. The second-order valence-corrected chi connectivity index (χ2v) is 5.01. The molecule has 0 saturated carbocycles. The van der Waals surface area contributed by atoms with Crippen molar-refractivity contribution in [2.24, 2.45) is 7.05 Å². The maximum absolute atomic E-state index is 6.28. The Morgan fingerprint density at radius 2 is 2.00 bits per heavy atom. The minimum Gasteiger partial charge on any atom is -0.493 e. The lowest BCUT2D eigenvalue weighted by atomic mass is 10.0. The van der Waals surface area contributed by atoms with Crippen LogP contribution in [0.15, 0.2) is 24.4 Å². The van der Waals surface area contributed by atoms with Crippen LogP contribution in [0.2, 0.25) is 5.02 Å². The Hall–Kier alpha value is -1.72. The molecule has 6 heteroatoms. The second kappa shape index (κ2) is 6.83. The van der Waals surface area contributed by atoms with Gasteiger partial charge in [0.05, 0.1) is 37.2 Å². The first-order valence-corrected chi connectivity index (χ1v) is 7.12. The van der Waals surface area contributed by atoms with Crippen LogP contribution < -0.4 is 14.8 Å². The Balaban J connectivity index is 2.48. The van der Waals surface area contributed by atoms with Crippen molar-refractivity contribution in [3.05, 3.63) is 40.7 Å². The molecule has 0 amide bonds. The Morgan fingerprint density at radius 3 is 2.52 bits per heavy atom. The number of hydrogen-bond donors (Lipinski definition) is 1. The third kappa shape index (κ3) is 3.14. The van der Waals surface area contributed by atoms with Crippen LogP contribution in [0.25, 0.3) is 0 Å². The van der Waals surface area contributed by atoms with Gasteiger partial charge in [0.2, 0.25) is 0 Å². The van der Waals surface area contributed by atoms with Crippen LogP contribution in [0.4, 0.5) is 0 Å². The smallest absolute Gasteiger partial charge is 0.161 e. The number of halogens is 1. The van der Waals surface area contributed by atoms with E-state index in [1.54, 1.807) is 25.1 Å².